The summed E-state index contributed by atoms with van der Waals surface area (Å²) >= 11 is 0. The molecule has 2 heterocycles. The molecule has 2 aromatic heterocycles. The second-order valence-corrected chi connectivity index (χ2v) is 8.21. The molecule has 7 nitrogen and oxygen atoms in total. The Morgan fingerprint density at radius 1 is 0.941 bits per heavy atom. The molecule has 5 rings (SSSR count). The van der Waals surface area contributed by atoms with Gasteiger partial charge in [-0.1, -0.05) is 24.4 Å². The fraction of sp³-hybridized carbons (Fsp3) is 0.292. The number of anilines is 1. The van der Waals surface area contributed by atoms with E-state index in [1.54, 1.807) is 30.5 Å². The van der Waals surface area contributed by atoms with Gasteiger partial charge in [-0.05, 0) is 61.4 Å². The summed E-state index contributed by atoms with van der Waals surface area (Å²) in [5.74, 6) is 1.50. The molecule has 176 valence electrons. The van der Waals surface area contributed by atoms with E-state index in [1.807, 2.05) is 0 Å². The summed E-state index contributed by atoms with van der Waals surface area (Å²) in [5.41, 5.74) is 1.46. The number of alkyl halides is 3. The maximum Gasteiger partial charge on any atom is 0.416 e. The number of ether oxygens (including phenoxy) is 1. The fourth-order valence-electron chi connectivity index (χ4n) is 3.99. The number of hydrogen-bond donors (Lipinski definition) is 2. The molecular weight excluding hydrogens is 447 g/mol. The predicted octanol–water partition coefficient (Wildman–Crippen LogP) is 6.68. The normalized spacial score (nSPS) is 14.8. The molecule has 0 spiro atoms. The monoisotopic (exact) mass is 469 g/mol. The first-order valence-corrected chi connectivity index (χ1v) is 11.1. The molecule has 1 aliphatic rings. The van der Waals surface area contributed by atoms with Gasteiger partial charge < -0.3 is 14.6 Å². The zero-order valence-corrected chi connectivity index (χ0v) is 18.1. The van der Waals surface area contributed by atoms with Crippen LogP contribution in [-0.2, 0) is 6.18 Å². The van der Waals surface area contributed by atoms with Gasteiger partial charge in [-0.2, -0.15) is 23.3 Å². The lowest BCUT2D eigenvalue weighted by Gasteiger charge is -2.23. The van der Waals surface area contributed by atoms with Gasteiger partial charge >= 0.3 is 6.18 Å². The van der Waals surface area contributed by atoms with E-state index in [4.69, 9.17) is 9.26 Å². The van der Waals surface area contributed by atoms with E-state index in [0.29, 0.717) is 40.5 Å². The van der Waals surface area contributed by atoms with E-state index in [9.17, 15) is 13.2 Å². The van der Waals surface area contributed by atoms with E-state index < -0.39 is 11.7 Å². The van der Waals surface area contributed by atoms with Crippen molar-refractivity contribution in [1.29, 1.82) is 0 Å². The van der Waals surface area contributed by atoms with Crippen molar-refractivity contribution >= 4 is 5.69 Å². The molecule has 10 heteroatoms. The molecular formula is C24H22F3N5O2. The SMILES string of the molecule is FC(F)(F)c1ccc(Oc2ccc(-c3noc(-c4[nH]ncc4NC4CCCCC4)n3)cc2)cc1. The highest BCUT2D eigenvalue weighted by Gasteiger charge is 2.30. The second-order valence-electron chi connectivity index (χ2n) is 8.21. The van der Waals surface area contributed by atoms with Crippen LogP contribution >= 0.6 is 0 Å². The minimum Gasteiger partial charge on any atom is -0.457 e. The number of rotatable bonds is 6. The van der Waals surface area contributed by atoms with Crippen LogP contribution in [0.5, 0.6) is 11.5 Å². The number of benzene rings is 2. The third kappa shape index (κ3) is 4.90. The first kappa shape index (κ1) is 22.0. The molecule has 0 unspecified atom stereocenters. The standard InChI is InChI=1S/C24H22F3N5O2/c25-24(26,27)16-8-12-19(13-9-16)33-18-10-6-15(7-11-18)22-30-23(34-32-22)21-20(14-28-31-21)29-17-4-2-1-3-5-17/h6-14,17,29H,1-5H2,(H,28,31). The maximum absolute atomic E-state index is 12.7. The summed E-state index contributed by atoms with van der Waals surface area (Å²) in [7, 11) is 0. The van der Waals surface area contributed by atoms with Crippen molar-refractivity contribution in [1.82, 2.24) is 20.3 Å². The van der Waals surface area contributed by atoms with Gasteiger partial charge in [0, 0.05) is 11.6 Å². The van der Waals surface area contributed by atoms with Crippen LogP contribution in [0.4, 0.5) is 18.9 Å². The molecule has 0 bridgehead atoms. The number of aromatic amines is 1. The Hall–Kier alpha value is -3.82. The molecule has 0 saturated heterocycles. The third-order valence-corrected chi connectivity index (χ3v) is 5.77. The Balaban J connectivity index is 1.27. The van der Waals surface area contributed by atoms with E-state index in [1.165, 1.54) is 31.4 Å². The highest BCUT2D eigenvalue weighted by molar-refractivity contribution is 5.69. The van der Waals surface area contributed by atoms with Crippen LogP contribution in [0.25, 0.3) is 23.0 Å². The molecule has 4 aromatic rings. The van der Waals surface area contributed by atoms with Crippen molar-refractivity contribution in [2.45, 2.75) is 44.3 Å². The lowest BCUT2D eigenvalue weighted by atomic mass is 9.95. The Kier molecular flexibility index (Phi) is 5.95. The molecule has 1 fully saturated rings. The van der Waals surface area contributed by atoms with E-state index in [2.05, 4.69) is 25.7 Å². The van der Waals surface area contributed by atoms with Crippen molar-refractivity contribution in [3.8, 4) is 34.5 Å². The largest absolute Gasteiger partial charge is 0.457 e. The summed E-state index contributed by atoms with van der Waals surface area (Å²) in [4.78, 5) is 4.49. The molecule has 0 radical (unpaired) electrons. The Morgan fingerprint density at radius 2 is 1.62 bits per heavy atom. The number of halogens is 3. The highest BCUT2D eigenvalue weighted by atomic mass is 19.4. The van der Waals surface area contributed by atoms with Gasteiger partial charge in [0.15, 0.2) is 0 Å². The number of H-pyrrole nitrogens is 1. The van der Waals surface area contributed by atoms with E-state index >= 15 is 0 Å². The van der Waals surface area contributed by atoms with Crippen molar-refractivity contribution in [3.05, 3.63) is 60.3 Å². The van der Waals surface area contributed by atoms with Crippen molar-refractivity contribution in [3.63, 3.8) is 0 Å². The summed E-state index contributed by atoms with van der Waals surface area (Å²) in [6.07, 6.45) is 3.30. The van der Waals surface area contributed by atoms with Crippen LogP contribution in [0.1, 0.15) is 37.7 Å². The zero-order valence-electron chi connectivity index (χ0n) is 18.1. The van der Waals surface area contributed by atoms with Gasteiger partial charge in [0.2, 0.25) is 5.82 Å². The average Bonchev–Trinajstić information content (AvgIpc) is 3.50. The van der Waals surface area contributed by atoms with Crippen LogP contribution in [0.15, 0.2) is 59.3 Å². The van der Waals surface area contributed by atoms with Gasteiger partial charge in [0.1, 0.15) is 17.2 Å². The van der Waals surface area contributed by atoms with Crippen LogP contribution in [0, 0.1) is 0 Å². The number of hydrogen-bond acceptors (Lipinski definition) is 6. The Morgan fingerprint density at radius 3 is 2.29 bits per heavy atom. The van der Waals surface area contributed by atoms with Crippen LogP contribution in [0.2, 0.25) is 0 Å². The lowest BCUT2D eigenvalue weighted by molar-refractivity contribution is -0.137. The number of nitrogens with zero attached hydrogens (tertiary/aromatic N) is 3. The topological polar surface area (TPSA) is 88.9 Å². The Labute approximate surface area is 193 Å². The van der Waals surface area contributed by atoms with E-state index in [0.717, 1.165) is 30.7 Å². The molecule has 2 aromatic carbocycles. The molecule has 1 saturated carbocycles. The zero-order chi connectivity index (χ0) is 23.5. The maximum atomic E-state index is 12.7. The Bertz CT molecular complexity index is 1230. The van der Waals surface area contributed by atoms with Crippen molar-refractivity contribution in [2.75, 3.05) is 5.32 Å². The van der Waals surface area contributed by atoms with Gasteiger partial charge in [-0.25, -0.2) is 0 Å². The highest BCUT2D eigenvalue weighted by Crippen LogP contribution is 2.32. The van der Waals surface area contributed by atoms with Gasteiger partial charge in [0.25, 0.3) is 5.89 Å². The smallest absolute Gasteiger partial charge is 0.416 e. The van der Waals surface area contributed by atoms with Gasteiger partial charge in [-0.3, -0.25) is 5.10 Å². The summed E-state index contributed by atoms with van der Waals surface area (Å²) in [6, 6.07) is 11.8. The van der Waals surface area contributed by atoms with Crippen LogP contribution in [-0.4, -0.2) is 26.4 Å². The number of aromatic nitrogens is 4. The fourth-order valence-corrected chi connectivity index (χ4v) is 3.99. The quantitative estimate of drug-likeness (QED) is 0.327. The van der Waals surface area contributed by atoms with Gasteiger partial charge in [-0.15, -0.1) is 0 Å². The first-order chi connectivity index (χ1) is 16.5. The molecule has 0 aliphatic heterocycles. The van der Waals surface area contributed by atoms with Crippen molar-refractivity contribution in [2.24, 2.45) is 0 Å². The molecule has 0 atom stereocenters. The average molecular weight is 469 g/mol. The molecule has 34 heavy (non-hydrogen) atoms. The van der Waals surface area contributed by atoms with Crippen LogP contribution < -0.4 is 10.1 Å². The third-order valence-electron chi connectivity index (χ3n) is 5.77. The molecule has 0 amide bonds. The summed E-state index contributed by atoms with van der Waals surface area (Å²) < 4.78 is 49.2. The van der Waals surface area contributed by atoms with Gasteiger partial charge in [0.05, 0.1) is 17.4 Å². The number of nitrogens with one attached hydrogen (secondary N) is 2. The van der Waals surface area contributed by atoms with Crippen molar-refractivity contribution < 1.29 is 22.4 Å². The molecule has 1 aliphatic carbocycles. The minimum atomic E-state index is -4.38. The second kappa shape index (κ2) is 9.20. The van der Waals surface area contributed by atoms with Crippen LogP contribution in [0.3, 0.4) is 0 Å². The molecule has 2 N–H and O–H groups in total. The lowest BCUT2D eigenvalue weighted by Crippen LogP contribution is -2.22. The summed E-state index contributed by atoms with van der Waals surface area (Å²) in [6.45, 7) is 0. The predicted molar refractivity (Wildman–Crippen MR) is 119 cm³/mol. The first-order valence-electron chi connectivity index (χ1n) is 11.1. The van der Waals surface area contributed by atoms with E-state index in [-0.39, 0.29) is 0 Å². The minimum absolute atomic E-state index is 0.305. The summed E-state index contributed by atoms with van der Waals surface area (Å²) in [5, 5.41) is 14.6.